The van der Waals surface area contributed by atoms with Crippen LogP contribution in [0.4, 0.5) is 5.00 Å². The number of nitrogens with zero attached hydrogens (tertiary/aromatic N) is 1. The fourth-order valence-electron chi connectivity index (χ4n) is 3.40. The summed E-state index contributed by atoms with van der Waals surface area (Å²) in [5, 5.41) is 5.11. The summed E-state index contributed by atoms with van der Waals surface area (Å²) in [5.41, 5.74) is 6.88. The fourth-order valence-corrected chi connectivity index (χ4v) is 4.20. The first kappa shape index (κ1) is 18.4. The molecule has 2 heterocycles. The van der Waals surface area contributed by atoms with Crippen LogP contribution in [-0.2, 0) is 4.79 Å². The number of benzene rings is 1. The molecule has 138 valence electrons. The van der Waals surface area contributed by atoms with Gasteiger partial charge in [-0.15, -0.1) is 11.3 Å². The van der Waals surface area contributed by atoms with Crippen LogP contribution < -0.4 is 15.8 Å². The predicted molar refractivity (Wildman–Crippen MR) is 103 cm³/mol. The maximum Gasteiger partial charge on any atom is 0.251 e. The van der Waals surface area contributed by atoms with E-state index in [9.17, 15) is 9.59 Å². The molecule has 1 aromatic carbocycles. The van der Waals surface area contributed by atoms with Gasteiger partial charge in [0.2, 0.25) is 5.91 Å². The minimum Gasteiger partial charge on any atom is -0.497 e. The average Bonchev–Trinajstić information content (AvgIpc) is 3.30. The Morgan fingerprint density at radius 3 is 2.69 bits per heavy atom. The van der Waals surface area contributed by atoms with Gasteiger partial charge in [0.15, 0.2) is 0 Å². The zero-order chi connectivity index (χ0) is 18.7. The third kappa shape index (κ3) is 3.73. The highest BCUT2D eigenvalue weighted by atomic mass is 32.1. The number of carbonyl (C=O) groups excluding carboxylic acids is 2. The van der Waals surface area contributed by atoms with Crippen LogP contribution in [0, 0.1) is 0 Å². The molecule has 2 aromatic rings. The van der Waals surface area contributed by atoms with E-state index in [1.165, 1.54) is 16.9 Å². The number of thiophene rings is 1. The highest BCUT2D eigenvalue weighted by Gasteiger charge is 2.33. The van der Waals surface area contributed by atoms with Crippen molar-refractivity contribution in [1.29, 1.82) is 0 Å². The van der Waals surface area contributed by atoms with Crippen LogP contribution in [0.25, 0.3) is 0 Å². The lowest BCUT2D eigenvalue weighted by Crippen LogP contribution is -2.41. The minimum absolute atomic E-state index is 0.129. The normalized spacial score (nSPS) is 18.5. The lowest BCUT2D eigenvalue weighted by atomic mass is 10.0. The van der Waals surface area contributed by atoms with Crippen molar-refractivity contribution in [2.45, 2.75) is 31.8 Å². The highest BCUT2D eigenvalue weighted by Crippen LogP contribution is 2.34. The molecule has 0 radical (unpaired) electrons. The molecule has 3 rings (SSSR count). The molecule has 2 unspecified atom stereocenters. The number of hydrogen-bond donors (Lipinski definition) is 2. The quantitative estimate of drug-likeness (QED) is 0.815. The lowest BCUT2D eigenvalue weighted by Gasteiger charge is -2.30. The van der Waals surface area contributed by atoms with Crippen LogP contribution in [0.2, 0.25) is 0 Å². The van der Waals surface area contributed by atoms with Gasteiger partial charge < -0.3 is 15.8 Å². The summed E-state index contributed by atoms with van der Waals surface area (Å²) < 4.78 is 5.22. The Morgan fingerprint density at radius 1 is 1.31 bits per heavy atom. The van der Waals surface area contributed by atoms with Crippen molar-refractivity contribution >= 4 is 28.2 Å². The number of primary amides is 1. The third-order valence-electron chi connectivity index (χ3n) is 4.84. The van der Waals surface area contributed by atoms with Gasteiger partial charge in [0.05, 0.1) is 18.7 Å². The molecule has 2 atom stereocenters. The van der Waals surface area contributed by atoms with Crippen molar-refractivity contribution in [3.63, 3.8) is 0 Å². The van der Waals surface area contributed by atoms with E-state index in [0.29, 0.717) is 10.6 Å². The van der Waals surface area contributed by atoms with E-state index in [2.05, 4.69) is 22.3 Å². The summed E-state index contributed by atoms with van der Waals surface area (Å²) in [6.07, 6.45) is 2.05. The molecule has 0 bridgehead atoms. The number of methoxy groups -OCH3 is 1. The average molecular weight is 373 g/mol. The van der Waals surface area contributed by atoms with E-state index in [4.69, 9.17) is 10.5 Å². The van der Waals surface area contributed by atoms with Crippen LogP contribution in [0.1, 0.15) is 41.7 Å². The number of nitrogens with one attached hydrogen (secondary N) is 1. The first-order valence-corrected chi connectivity index (χ1v) is 9.47. The fraction of sp³-hybridized carbons (Fsp3) is 0.368. The van der Waals surface area contributed by atoms with Crippen molar-refractivity contribution in [2.75, 3.05) is 19.0 Å². The predicted octanol–water partition coefficient (Wildman–Crippen LogP) is 3.02. The van der Waals surface area contributed by atoms with Crippen molar-refractivity contribution in [1.82, 2.24) is 4.90 Å². The van der Waals surface area contributed by atoms with Gasteiger partial charge >= 0.3 is 0 Å². The lowest BCUT2D eigenvalue weighted by molar-refractivity contribution is -0.121. The summed E-state index contributed by atoms with van der Waals surface area (Å²) in [6, 6.07) is 9.51. The van der Waals surface area contributed by atoms with Gasteiger partial charge in [-0.05, 0) is 55.5 Å². The first-order valence-electron chi connectivity index (χ1n) is 8.59. The van der Waals surface area contributed by atoms with Crippen LogP contribution in [0.15, 0.2) is 35.7 Å². The van der Waals surface area contributed by atoms with Gasteiger partial charge in [-0.25, -0.2) is 0 Å². The molecule has 1 aliphatic heterocycles. The molecule has 6 nitrogen and oxygen atoms in total. The summed E-state index contributed by atoms with van der Waals surface area (Å²) >= 11 is 1.30. The van der Waals surface area contributed by atoms with Crippen LogP contribution in [0.3, 0.4) is 0 Å². The molecule has 1 aromatic heterocycles. The maximum absolute atomic E-state index is 12.7. The Labute approximate surface area is 156 Å². The van der Waals surface area contributed by atoms with Gasteiger partial charge in [0.25, 0.3) is 5.91 Å². The SMILES string of the molecule is COc1ccc(C2CCCN2C(C)C(=O)Nc2sccc2C(N)=O)cc1. The van der Waals surface area contributed by atoms with E-state index in [-0.39, 0.29) is 18.0 Å². The molecular formula is C19H23N3O3S. The summed E-state index contributed by atoms with van der Waals surface area (Å²) in [5.74, 6) is 0.155. The minimum atomic E-state index is -0.536. The second-order valence-electron chi connectivity index (χ2n) is 6.36. The summed E-state index contributed by atoms with van der Waals surface area (Å²) in [7, 11) is 1.65. The molecule has 26 heavy (non-hydrogen) atoms. The molecule has 1 fully saturated rings. The summed E-state index contributed by atoms with van der Waals surface area (Å²) in [4.78, 5) is 26.4. The molecule has 3 N–H and O–H groups in total. The molecule has 2 amide bonds. The Kier molecular flexibility index (Phi) is 5.58. The number of amides is 2. The topological polar surface area (TPSA) is 84.7 Å². The van der Waals surface area contributed by atoms with Gasteiger partial charge in [-0.1, -0.05) is 12.1 Å². The number of ether oxygens (including phenoxy) is 1. The molecular weight excluding hydrogens is 350 g/mol. The molecule has 1 saturated heterocycles. The second-order valence-corrected chi connectivity index (χ2v) is 7.28. The number of nitrogens with two attached hydrogens (primary N) is 1. The summed E-state index contributed by atoms with van der Waals surface area (Å²) in [6.45, 7) is 2.76. The Morgan fingerprint density at radius 2 is 2.04 bits per heavy atom. The van der Waals surface area contributed by atoms with Crippen LogP contribution >= 0.6 is 11.3 Å². The van der Waals surface area contributed by atoms with Gasteiger partial charge in [-0.3, -0.25) is 14.5 Å². The van der Waals surface area contributed by atoms with E-state index < -0.39 is 5.91 Å². The van der Waals surface area contributed by atoms with Crippen molar-refractivity contribution in [2.24, 2.45) is 5.73 Å². The molecule has 0 spiro atoms. The van der Waals surface area contributed by atoms with E-state index in [0.717, 1.165) is 25.1 Å². The Hall–Kier alpha value is -2.38. The second kappa shape index (κ2) is 7.88. The Balaban J connectivity index is 1.72. The van der Waals surface area contributed by atoms with Crippen LogP contribution in [-0.4, -0.2) is 36.4 Å². The van der Waals surface area contributed by atoms with E-state index in [1.807, 2.05) is 19.1 Å². The zero-order valence-electron chi connectivity index (χ0n) is 14.9. The zero-order valence-corrected chi connectivity index (χ0v) is 15.7. The van der Waals surface area contributed by atoms with Crippen molar-refractivity contribution in [3.8, 4) is 5.75 Å². The number of likely N-dealkylation sites (tertiary alicyclic amines) is 1. The molecule has 0 aliphatic carbocycles. The number of rotatable bonds is 6. The number of hydrogen-bond acceptors (Lipinski definition) is 5. The molecule has 7 heteroatoms. The maximum atomic E-state index is 12.7. The van der Waals surface area contributed by atoms with Crippen LogP contribution in [0.5, 0.6) is 5.75 Å². The van der Waals surface area contributed by atoms with Gasteiger partial charge in [0.1, 0.15) is 10.8 Å². The molecule has 0 saturated carbocycles. The molecule has 1 aliphatic rings. The third-order valence-corrected chi connectivity index (χ3v) is 5.67. The number of anilines is 1. The van der Waals surface area contributed by atoms with Crippen molar-refractivity contribution < 1.29 is 14.3 Å². The van der Waals surface area contributed by atoms with Crippen molar-refractivity contribution in [3.05, 3.63) is 46.8 Å². The monoisotopic (exact) mass is 373 g/mol. The van der Waals surface area contributed by atoms with Gasteiger partial charge in [0, 0.05) is 6.04 Å². The van der Waals surface area contributed by atoms with E-state index >= 15 is 0 Å². The van der Waals surface area contributed by atoms with Gasteiger partial charge in [-0.2, -0.15) is 0 Å². The largest absolute Gasteiger partial charge is 0.497 e. The first-order chi connectivity index (χ1) is 12.5. The number of carbonyl (C=O) groups is 2. The standard InChI is InChI=1S/C19H23N3O3S/c1-12(18(24)21-19-15(17(20)23)9-11-26-19)22-10-3-4-16(22)13-5-7-14(25-2)8-6-13/h5-9,11-12,16H,3-4,10H2,1-2H3,(H2,20,23)(H,21,24). The van der Waals surface area contributed by atoms with E-state index in [1.54, 1.807) is 18.6 Å². The highest BCUT2D eigenvalue weighted by molar-refractivity contribution is 7.14. The Bertz CT molecular complexity index is 788. The smallest absolute Gasteiger partial charge is 0.251 e.